The minimum Gasteiger partial charge on any atom is -0.465 e. The second-order valence-electron chi connectivity index (χ2n) is 7.40. The van der Waals surface area contributed by atoms with Crippen molar-refractivity contribution < 1.29 is 14.3 Å². The Morgan fingerprint density at radius 3 is 1.35 bits per heavy atom. The van der Waals surface area contributed by atoms with Gasteiger partial charge in [0.1, 0.15) is 5.29 Å². The van der Waals surface area contributed by atoms with Crippen molar-refractivity contribution in [2.45, 2.75) is 26.7 Å². The first-order valence-corrected chi connectivity index (χ1v) is 12.5. The highest BCUT2D eigenvalue weighted by Gasteiger charge is 2.38. The summed E-state index contributed by atoms with van der Waals surface area (Å²) in [7, 11) is 1.36. The second kappa shape index (κ2) is 10.4. The maximum absolute atomic E-state index is 14.0. The fraction of sp³-hybridized carbons (Fsp3) is 0.222. The van der Waals surface area contributed by atoms with Crippen molar-refractivity contribution in [1.29, 1.82) is 0 Å². The minimum atomic E-state index is -2.78. The van der Waals surface area contributed by atoms with Crippen LogP contribution in [0.25, 0.3) is 0 Å². The van der Waals surface area contributed by atoms with E-state index in [1.165, 1.54) is 7.11 Å². The van der Waals surface area contributed by atoms with Crippen molar-refractivity contribution in [3.8, 4) is 0 Å². The first-order chi connectivity index (χ1) is 15.1. The zero-order chi connectivity index (χ0) is 22.3. The molecule has 3 aromatic rings. The van der Waals surface area contributed by atoms with Gasteiger partial charge in [-0.2, -0.15) is 0 Å². The van der Waals surface area contributed by atoms with Gasteiger partial charge in [0.05, 0.1) is 7.11 Å². The van der Waals surface area contributed by atoms with Crippen molar-refractivity contribution in [3.63, 3.8) is 0 Å². The fourth-order valence-corrected chi connectivity index (χ4v) is 8.55. The summed E-state index contributed by atoms with van der Waals surface area (Å²) in [5, 5.41) is 3.17. The number of hydrogen-bond donors (Lipinski definition) is 0. The van der Waals surface area contributed by atoms with E-state index in [1.54, 1.807) is 0 Å². The molecule has 0 aliphatic rings. The standard InChI is InChI=1S/C27H29O3P/c1-4-21(5-2)25(28)26(27(29)30-3)31(22-15-9-6-10-16-22,23-17-11-7-12-18-23)24-19-13-8-14-20-24/h6-21H,4-5H2,1-3H3. The zero-order valence-corrected chi connectivity index (χ0v) is 19.2. The lowest BCUT2D eigenvalue weighted by atomic mass is 9.96. The van der Waals surface area contributed by atoms with E-state index in [4.69, 9.17) is 4.74 Å². The number of ketones is 1. The van der Waals surface area contributed by atoms with Gasteiger partial charge in [-0.15, -0.1) is 0 Å². The number of esters is 1. The van der Waals surface area contributed by atoms with E-state index in [2.05, 4.69) is 0 Å². The van der Waals surface area contributed by atoms with E-state index in [0.717, 1.165) is 15.9 Å². The Balaban J connectivity index is 2.63. The number of rotatable bonds is 8. The first-order valence-electron chi connectivity index (χ1n) is 10.7. The monoisotopic (exact) mass is 432 g/mol. The average molecular weight is 433 g/mol. The van der Waals surface area contributed by atoms with Gasteiger partial charge in [0.2, 0.25) is 0 Å². The quantitative estimate of drug-likeness (QED) is 0.302. The number of benzene rings is 3. The van der Waals surface area contributed by atoms with Gasteiger partial charge >= 0.3 is 5.97 Å². The van der Waals surface area contributed by atoms with Gasteiger partial charge in [0, 0.05) is 5.92 Å². The zero-order valence-electron chi connectivity index (χ0n) is 18.3. The van der Waals surface area contributed by atoms with Gasteiger partial charge in [-0.05, 0) is 35.6 Å². The molecule has 0 unspecified atom stereocenters. The summed E-state index contributed by atoms with van der Waals surface area (Å²) in [6.45, 7) is 1.21. The molecule has 3 aromatic carbocycles. The Hall–Kier alpha value is -2.90. The molecule has 31 heavy (non-hydrogen) atoms. The average Bonchev–Trinajstić information content (AvgIpc) is 2.84. The Labute approximate surface area is 185 Å². The number of ether oxygens (including phenoxy) is 1. The molecule has 0 spiro atoms. The van der Waals surface area contributed by atoms with Crippen LogP contribution in [0.4, 0.5) is 0 Å². The van der Waals surface area contributed by atoms with Gasteiger partial charge in [-0.25, -0.2) is 4.79 Å². The molecule has 0 saturated heterocycles. The Morgan fingerprint density at radius 2 is 1.06 bits per heavy atom. The number of carbonyl (C=O) groups excluding carboxylic acids is 2. The number of Topliss-reactive ketones (excluding diaryl/α,β-unsaturated/α-hetero) is 1. The SMILES string of the molecule is CCC(CC)C(=O)C(C(=O)OC)=P(c1ccccc1)(c1ccccc1)c1ccccc1. The van der Waals surface area contributed by atoms with Crippen molar-refractivity contribution in [3.05, 3.63) is 91.0 Å². The Morgan fingerprint density at radius 1 is 0.710 bits per heavy atom. The molecule has 0 amide bonds. The lowest BCUT2D eigenvalue weighted by Crippen LogP contribution is -2.40. The van der Waals surface area contributed by atoms with E-state index < -0.39 is 12.9 Å². The molecule has 0 aromatic heterocycles. The molecule has 0 fully saturated rings. The van der Waals surface area contributed by atoms with E-state index >= 15 is 0 Å². The Kier molecular flexibility index (Phi) is 7.65. The summed E-state index contributed by atoms with van der Waals surface area (Å²) in [5.74, 6) is -0.881. The predicted molar refractivity (Wildman–Crippen MR) is 131 cm³/mol. The number of methoxy groups -OCH3 is 1. The molecule has 160 valence electrons. The summed E-state index contributed by atoms with van der Waals surface area (Å²) < 4.78 is 5.27. The van der Waals surface area contributed by atoms with E-state index in [1.807, 2.05) is 105 Å². The maximum atomic E-state index is 14.0. The largest absolute Gasteiger partial charge is 0.465 e. The van der Waals surface area contributed by atoms with E-state index in [0.29, 0.717) is 12.8 Å². The topological polar surface area (TPSA) is 43.4 Å². The maximum Gasteiger partial charge on any atom is 0.342 e. The molecule has 3 nitrogen and oxygen atoms in total. The first kappa shape index (κ1) is 22.8. The molecule has 0 heterocycles. The summed E-state index contributed by atoms with van der Waals surface area (Å²) in [4.78, 5) is 27.4. The van der Waals surface area contributed by atoms with Crippen LogP contribution in [-0.2, 0) is 14.3 Å². The Bertz CT molecular complexity index is 966. The van der Waals surface area contributed by atoms with E-state index in [-0.39, 0.29) is 17.0 Å². The van der Waals surface area contributed by atoms with Crippen molar-refractivity contribution in [2.75, 3.05) is 7.11 Å². The van der Waals surface area contributed by atoms with E-state index in [9.17, 15) is 9.59 Å². The summed E-state index contributed by atoms with van der Waals surface area (Å²) >= 11 is 0. The highest BCUT2D eigenvalue weighted by atomic mass is 31.2. The predicted octanol–water partition coefficient (Wildman–Crippen LogP) is 4.33. The third kappa shape index (κ3) is 4.29. The van der Waals surface area contributed by atoms with Crippen LogP contribution in [0.3, 0.4) is 0 Å². The van der Waals surface area contributed by atoms with Crippen LogP contribution in [0.15, 0.2) is 91.0 Å². The van der Waals surface area contributed by atoms with Gasteiger partial charge in [0.15, 0.2) is 5.78 Å². The molecule has 0 saturated carbocycles. The minimum absolute atomic E-state index is 0.109. The molecular weight excluding hydrogens is 403 g/mol. The van der Waals surface area contributed by atoms with Crippen molar-refractivity contribution >= 4 is 39.8 Å². The fourth-order valence-electron chi connectivity index (χ4n) is 4.14. The van der Waals surface area contributed by atoms with Crippen molar-refractivity contribution in [1.82, 2.24) is 0 Å². The third-order valence-corrected chi connectivity index (χ3v) is 10.0. The van der Waals surface area contributed by atoms with Crippen LogP contribution in [0.1, 0.15) is 26.7 Å². The molecule has 0 N–H and O–H groups in total. The summed E-state index contributed by atoms with van der Waals surface area (Å²) in [6, 6.07) is 29.8. The van der Waals surface area contributed by atoms with Gasteiger partial charge in [-0.3, -0.25) is 4.79 Å². The molecule has 3 rings (SSSR count). The number of hydrogen-bond acceptors (Lipinski definition) is 3. The highest BCUT2D eigenvalue weighted by Crippen LogP contribution is 2.47. The second-order valence-corrected chi connectivity index (χ2v) is 10.7. The summed E-state index contributed by atoms with van der Waals surface area (Å²) in [6.07, 6.45) is 1.35. The van der Waals surface area contributed by atoms with Crippen LogP contribution in [0.2, 0.25) is 0 Å². The van der Waals surface area contributed by atoms with Crippen LogP contribution < -0.4 is 15.9 Å². The third-order valence-electron chi connectivity index (χ3n) is 5.73. The molecular formula is C27H29O3P. The normalized spacial score (nSPS) is 11.2. The highest BCUT2D eigenvalue weighted by molar-refractivity contribution is 7.97. The number of carbonyl (C=O) groups is 2. The lowest BCUT2D eigenvalue weighted by molar-refractivity contribution is -0.133. The van der Waals surface area contributed by atoms with Crippen LogP contribution in [0.5, 0.6) is 0 Å². The molecule has 0 atom stereocenters. The van der Waals surface area contributed by atoms with Gasteiger partial charge < -0.3 is 4.74 Å². The van der Waals surface area contributed by atoms with Crippen LogP contribution in [-0.4, -0.2) is 24.2 Å². The molecule has 0 radical (unpaired) electrons. The molecule has 0 bridgehead atoms. The molecule has 0 aliphatic carbocycles. The summed E-state index contributed by atoms with van der Waals surface area (Å²) in [5.41, 5.74) is 0. The van der Waals surface area contributed by atoms with Crippen molar-refractivity contribution in [2.24, 2.45) is 5.92 Å². The molecule has 4 heteroatoms. The van der Waals surface area contributed by atoms with Crippen LogP contribution in [0, 0.1) is 5.92 Å². The van der Waals surface area contributed by atoms with Gasteiger partial charge in [-0.1, -0.05) is 105 Å². The van der Waals surface area contributed by atoms with Crippen LogP contribution >= 0.6 is 6.89 Å². The molecule has 0 aliphatic heterocycles. The van der Waals surface area contributed by atoms with Gasteiger partial charge in [0.25, 0.3) is 0 Å². The lowest BCUT2D eigenvalue weighted by Gasteiger charge is -2.32. The smallest absolute Gasteiger partial charge is 0.342 e.